The highest BCUT2D eigenvalue weighted by Crippen LogP contribution is 2.26. The van der Waals surface area contributed by atoms with Crippen molar-refractivity contribution in [3.05, 3.63) is 35.9 Å². The van der Waals surface area contributed by atoms with Crippen LogP contribution in [0, 0.1) is 5.92 Å². The molecule has 0 saturated carbocycles. The van der Waals surface area contributed by atoms with E-state index in [1.807, 2.05) is 44.2 Å². The fraction of sp³-hybridized carbons (Fsp3) is 0.529. The number of hydrogen-bond donors (Lipinski definition) is 2. The third-order valence-corrected chi connectivity index (χ3v) is 3.93. The zero-order valence-corrected chi connectivity index (χ0v) is 14.1. The highest BCUT2D eigenvalue weighted by Gasteiger charge is 2.44. The average molecular weight is 336 g/mol. The molecular formula is C17H24N2O5. The predicted molar refractivity (Wildman–Crippen MR) is 87.3 cm³/mol. The van der Waals surface area contributed by atoms with Crippen LogP contribution in [0.15, 0.2) is 30.3 Å². The Bertz CT molecular complexity index is 578. The summed E-state index contributed by atoms with van der Waals surface area (Å²) in [6, 6.07) is 8.10. The van der Waals surface area contributed by atoms with Gasteiger partial charge in [0, 0.05) is 6.54 Å². The average Bonchev–Trinajstić information content (AvgIpc) is 2.79. The van der Waals surface area contributed by atoms with Crippen LogP contribution in [-0.2, 0) is 11.2 Å². The number of carboxylic acid groups (broad SMARTS) is 1. The van der Waals surface area contributed by atoms with Crippen molar-refractivity contribution < 1.29 is 24.5 Å². The minimum absolute atomic E-state index is 0.00127. The SMILES string of the molecule is CC(C)CN(C(=O)O)C(=O)N1C(C)OC(O)C1Cc1ccccc1. The van der Waals surface area contributed by atoms with Crippen LogP contribution in [0.4, 0.5) is 9.59 Å². The number of hydrogen-bond acceptors (Lipinski definition) is 4. The van der Waals surface area contributed by atoms with E-state index in [0.29, 0.717) is 6.42 Å². The molecule has 24 heavy (non-hydrogen) atoms. The van der Waals surface area contributed by atoms with Crippen LogP contribution in [0.25, 0.3) is 0 Å². The topological polar surface area (TPSA) is 90.3 Å². The van der Waals surface area contributed by atoms with E-state index in [9.17, 15) is 19.8 Å². The number of imide groups is 1. The summed E-state index contributed by atoms with van der Waals surface area (Å²) in [6.07, 6.45) is -2.78. The van der Waals surface area contributed by atoms with Gasteiger partial charge in [0.1, 0.15) is 6.23 Å². The van der Waals surface area contributed by atoms with Crippen LogP contribution in [0.3, 0.4) is 0 Å². The summed E-state index contributed by atoms with van der Waals surface area (Å²) in [7, 11) is 0. The van der Waals surface area contributed by atoms with Gasteiger partial charge in [-0.25, -0.2) is 14.5 Å². The summed E-state index contributed by atoms with van der Waals surface area (Å²) in [5, 5.41) is 19.5. The molecule has 0 radical (unpaired) electrons. The lowest BCUT2D eigenvalue weighted by molar-refractivity contribution is -0.0942. The molecule has 1 aliphatic heterocycles. The van der Waals surface area contributed by atoms with Gasteiger partial charge in [-0.15, -0.1) is 0 Å². The van der Waals surface area contributed by atoms with Crippen LogP contribution in [0.1, 0.15) is 26.3 Å². The van der Waals surface area contributed by atoms with Gasteiger partial charge in [-0.1, -0.05) is 44.2 Å². The van der Waals surface area contributed by atoms with Gasteiger partial charge in [0.25, 0.3) is 0 Å². The Morgan fingerprint density at radius 3 is 2.46 bits per heavy atom. The van der Waals surface area contributed by atoms with E-state index in [1.54, 1.807) is 6.92 Å². The maximum atomic E-state index is 12.8. The normalized spacial score (nSPS) is 23.5. The Morgan fingerprint density at radius 1 is 1.29 bits per heavy atom. The lowest BCUT2D eigenvalue weighted by Crippen LogP contribution is -2.52. The molecule has 1 aromatic carbocycles. The molecule has 1 aromatic rings. The van der Waals surface area contributed by atoms with E-state index in [0.717, 1.165) is 10.5 Å². The number of nitrogens with zero attached hydrogens (tertiary/aromatic N) is 2. The lowest BCUT2D eigenvalue weighted by atomic mass is 10.0. The van der Waals surface area contributed by atoms with Crippen LogP contribution >= 0.6 is 0 Å². The summed E-state index contributed by atoms with van der Waals surface area (Å²) < 4.78 is 5.36. The quantitative estimate of drug-likeness (QED) is 0.881. The highest BCUT2D eigenvalue weighted by atomic mass is 16.6. The highest BCUT2D eigenvalue weighted by molar-refractivity contribution is 5.90. The monoisotopic (exact) mass is 336 g/mol. The second kappa shape index (κ2) is 7.63. The molecule has 7 heteroatoms. The van der Waals surface area contributed by atoms with E-state index in [-0.39, 0.29) is 12.5 Å². The van der Waals surface area contributed by atoms with Crippen molar-refractivity contribution >= 4 is 12.1 Å². The van der Waals surface area contributed by atoms with Crippen LogP contribution in [-0.4, -0.2) is 57.2 Å². The van der Waals surface area contributed by atoms with E-state index in [1.165, 1.54) is 4.90 Å². The van der Waals surface area contributed by atoms with Crippen molar-refractivity contribution in [3.63, 3.8) is 0 Å². The zero-order valence-electron chi connectivity index (χ0n) is 14.1. The van der Waals surface area contributed by atoms with Crippen molar-refractivity contribution in [2.75, 3.05) is 6.54 Å². The number of rotatable bonds is 4. The maximum absolute atomic E-state index is 12.8. The first-order valence-electron chi connectivity index (χ1n) is 8.01. The van der Waals surface area contributed by atoms with Crippen molar-refractivity contribution in [1.82, 2.24) is 9.80 Å². The fourth-order valence-corrected chi connectivity index (χ4v) is 2.86. The van der Waals surface area contributed by atoms with Crippen molar-refractivity contribution in [2.45, 2.75) is 45.8 Å². The Kier molecular flexibility index (Phi) is 5.80. The van der Waals surface area contributed by atoms with Crippen molar-refractivity contribution in [3.8, 4) is 0 Å². The molecule has 1 heterocycles. The Morgan fingerprint density at radius 2 is 1.92 bits per heavy atom. The van der Waals surface area contributed by atoms with Gasteiger partial charge in [-0.3, -0.25) is 4.90 Å². The van der Waals surface area contributed by atoms with E-state index in [4.69, 9.17) is 4.74 Å². The Labute approximate surface area is 141 Å². The molecule has 0 aromatic heterocycles. The van der Waals surface area contributed by atoms with Crippen LogP contribution in [0.5, 0.6) is 0 Å². The molecule has 0 spiro atoms. The number of carbonyl (C=O) groups excluding carboxylic acids is 1. The minimum atomic E-state index is -1.30. The summed E-state index contributed by atoms with van der Waals surface area (Å²) in [4.78, 5) is 26.3. The molecule has 1 aliphatic rings. The van der Waals surface area contributed by atoms with Gasteiger partial charge in [0.2, 0.25) is 0 Å². The van der Waals surface area contributed by atoms with Gasteiger partial charge in [0.15, 0.2) is 6.29 Å². The van der Waals surface area contributed by atoms with E-state index >= 15 is 0 Å². The van der Waals surface area contributed by atoms with Gasteiger partial charge in [0.05, 0.1) is 6.04 Å². The van der Waals surface area contributed by atoms with Gasteiger partial charge >= 0.3 is 12.1 Å². The molecule has 1 fully saturated rings. The standard InChI is InChI=1S/C17H24N2O5/c1-11(2)10-18(17(22)23)16(21)19-12(3)24-15(20)14(19)9-13-7-5-4-6-8-13/h4-8,11-12,14-15,20H,9-10H2,1-3H3,(H,22,23). The molecule has 3 unspecified atom stereocenters. The number of carbonyl (C=O) groups is 2. The van der Waals surface area contributed by atoms with Gasteiger partial charge in [-0.05, 0) is 24.8 Å². The molecule has 7 nitrogen and oxygen atoms in total. The van der Waals surface area contributed by atoms with Gasteiger partial charge < -0.3 is 14.9 Å². The number of amides is 3. The second-order valence-electron chi connectivity index (χ2n) is 6.36. The predicted octanol–water partition coefficient (Wildman–Crippen LogP) is 2.35. The Hall–Kier alpha value is -2.12. The zero-order chi connectivity index (χ0) is 17.9. The third kappa shape index (κ3) is 4.04. The van der Waals surface area contributed by atoms with Crippen molar-refractivity contribution in [2.24, 2.45) is 5.92 Å². The fourth-order valence-electron chi connectivity index (χ4n) is 2.86. The second-order valence-corrected chi connectivity index (χ2v) is 6.36. The first-order chi connectivity index (χ1) is 11.3. The molecule has 3 amide bonds. The minimum Gasteiger partial charge on any atom is -0.465 e. The molecule has 2 N–H and O–H groups in total. The molecule has 0 aliphatic carbocycles. The summed E-state index contributed by atoms with van der Waals surface area (Å²) in [5.41, 5.74) is 0.933. The third-order valence-electron chi connectivity index (χ3n) is 3.93. The number of aliphatic hydroxyl groups is 1. The summed E-state index contributed by atoms with van der Waals surface area (Å²) >= 11 is 0. The van der Waals surface area contributed by atoms with Crippen LogP contribution < -0.4 is 0 Å². The van der Waals surface area contributed by atoms with Crippen LogP contribution in [0.2, 0.25) is 0 Å². The summed E-state index contributed by atoms with van der Waals surface area (Å²) in [5.74, 6) is 0.00127. The van der Waals surface area contributed by atoms with Crippen molar-refractivity contribution in [1.29, 1.82) is 0 Å². The number of urea groups is 1. The molecule has 0 bridgehead atoms. The molecular weight excluding hydrogens is 312 g/mol. The molecule has 3 atom stereocenters. The maximum Gasteiger partial charge on any atom is 0.415 e. The van der Waals surface area contributed by atoms with E-state index in [2.05, 4.69) is 0 Å². The van der Waals surface area contributed by atoms with Gasteiger partial charge in [-0.2, -0.15) is 0 Å². The first-order valence-corrected chi connectivity index (χ1v) is 8.01. The molecule has 2 rings (SSSR count). The first kappa shape index (κ1) is 18.2. The smallest absolute Gasteiger partial charge is 0.415 e. The number of benzene rings is 1. The number of ether oxygens (including phenoxy) is 1. The van der Waals surface area contributed by atoms with E-state index < -0.39 is 30.7 Å². The molecule has 1 saturated heterocycles. The number of aliphatic hydroxyl groups excluding tert-OH is 1. The lowest BCUT2D eigenvalue weighted by Gasteiger charge is -2.31. The summed E-state index contributed by atoms with van der Waals surface area (Å²) in [6.45, 7) is 5.39. The Balaban J connectivity index is 2.23. The largest absolute Gasteiger partial charge is 0.465 e. The molecule has 132 valence electrons.